The number of nitriles is 4. The van der Waals surface area contributed by atoms with Gasteiger partial charge in [-0.2, -0.15) is 21.0 Å². The monoisotopic (exact) mass is 715 g/mol. The van der Waals surface area contributed by atoms with Crippen LogP contribution in [0, 0.1) is 45.3 Å². The van der Waals surface area contributed by atoms with E-state index in [1.807, 2.05) is 43.5 Å². The lowest BCUT2D eigenvalue weighted by molar-refractivity contribution is 0.106. The maximum atomic E-state index is 13.4. The van der Waals surface area contributed by atoms with Crippen LogP contribution >= 0.6 is 45.3 Å². The van der Waals surface area contributed by atoms with E-state index >= 15 is 0 Å². The number of hydrogen-bond donors (Lipinski definition) is 0. The fraction of sp³-hybridized carbons (Fsp3) is 0.0270. The summed E-state index contributed by atoms with van der Waals surface area (Å²) in [4.78, 5) is 36.3. The molecule has 2 aliphatic carbocycles. The fourth-order valence-corrected chi connectivity index (χ4v) is 11.9. The number of nitrogens with zero attached hydrogens (tertiary/aromatic N) is 7. The predicted octanol–water partition coefficient (Wildman–Crippen LogP) is 9.42. The Hall–Kier alpha value is -6.32. The Bertz CT molecular complexity index is 2850. The number of thiophene rings is 4. The molecule has 2 aromatic carbocycles. The van der Waals surface area contributed by atoms with Crippen molar-refractivity contribution in [2.45, 2.75) is 0 Å². The average molecular weight is 716 g/mol. The van der Waals surface area contributed by atoms with Crippen LogP contribution in [0.3, 0.4) is 0 Å². The zero-order chi connectivity index (χ0) is 34.4. The van der Waals surface area contributed by atoms with Crippen molar-refractivity contribution in [3.05, 3.63) is 94.1 Å². The maximum absolute atomic E-state index is 13.4. The van der Waals surface area contributed by atoms with E-state index in [4.69, 9.17) is 9.98 Å². The number of aromatic nitrogens is 1. The van der Waals surface area contributed by atoms with Gasteiger partial charge in [0, 0.05) is 29.3 Å². The normalized spacial score (nSPS) is 15.3. The molecule has 13 heteroatoms. The first-order chi connectivity index (χ1) is 24.4. The molecule has 5 heterocycles. The van der Waals surface area contributed by atoms with Crippen molar-refractivity contribution in [3.63, 3.8) is 0 Å². The van der Waals surface area contributed by atoms with Crippen molar-refractivity contribution in [1.29, 1.82) is 21.0 Å². The highest BCUT2D eigenvalue weighted by Crippen LogP contribution is 2.52. The molecule has 50 heavy (non-hydrogen) atoms. The molecule has 0 atom stereocenters. The Morgan fingerprint density at radius 1 is 0.580 bits per heavy atom. The van der Waals surface area contributed by atoms with Gasteiger partial charge < -0.3 is 4.57 Å². The zero-order valence-corrected chi connectivity index (χ0v) is 28.6. The second-order valence-corrected chi connectivity index (χ2v) is 15.5. The Labute approximate surface area is 297 Å². The Morgan fingerprint density at radius 2 is 0.960 bits per heavy atom. The van der Waals surface area contributed by atoms with Crippen LogP contribution in [-0.2, 0) is 7.05 Å². The number of aliphatic imine (C=N–C) groups is 2. The molecule has 0 spiro atoms. The minimum atomic E-state index is -0.318. The number of aryl methyl sites for hydroxylation is 1. The smallest absolute Gasteiger partial charge is 0.212 e. The number of ketones is 2. The molecule has 7 aromatic rings. The molecule has 0 N–H and O–H groups in total. The van der Waals surface area contributed by atoms with Crippen molar-refractivity contribution in [2.24, 2.45) is 17.0 Å². The SMILES string of the molecule is Cn1c2c3sc(N=C4C(=O)c5ccccc5C4=C(C#N)C#N)cc3sc2c2sc3cc(N=C4C(=O)c5ccccc5C4=C(C#N)C#N)sc3c21. The van der Waals surface area contributed by atoms with Crippen molar-refractivity contribution in [3.8, 4) is 24.3 Å². The third-order valence-corrected chi connectivity index (χ3v) is 13.5. The Balaban J connectivity index is 1.17. The van der Waals surface area contributed by atoms with Gasteiger partial charge in [-0.25, -0.2) is 9.98 Å². The minimum Gasteiger partial charge on any atom is -0.340 e. The third kappa shape index (κ3) is 3.98. The molecule has 0 amide bonds. The molecule has 0 saturated heterocycles. The van der Waals surface area contributed by atoms with Crippen molar-refractivity contribution < 1.29 is 9.59 Å². The first kappa shape index (κ1) is 29.8. The van der Waals surface area contributed by atoms with Crippen molar-refractivity contribution >= 4 is 129 Å². The Morgan fingerprint density at radius 3 is 1.34 bits per heavy atom. The van der Waals surface area contributed by atoms with E-state index in [1.54, 1.807) is 71.2 Å². The van der Waals surface area contributed by atoms with E-state index in [1.165, 1.54) is 22.7 Å². The van der Waals surface area contributed by atoms with E-state index in [2.05, 4.69) is 4.57 Å². The fourth-order valence-electron chi connectivity index (χ4n) is 6.62. The van der Waals surface area contributed by atoms with Crippen LogP contribution in [-0.4, -0.2) is 27.6 Å². The summed E-state index contributed by atoms with van der Waals surface area (Å²) >= 11 is 6.18. The first-order valence-electron chi connectivity index (χ1n) is 14.8. The number of rotatable bonds is 2. The summed E-state index contributed by atoms with van der Waals surface area (Å²) in [5, 5.41) is 39.9. The van der Waals surface area contributed by atoms with Crippen LogP contribution in [0.4, 0.5) is 10.0 Å². The molecule has 0 fully saturated rings. The van der Waals surface area contributed by atoms with Gasteiger partial charge in [-0.15, -0.1) is 45.3 Å². The summed E-state index contributed by atoms with van der Waals surface area (Å²) in [6, 6.07) is 25.4. The van der Waals surface area contributed by atoms with Gasteiger partial charge in [0.25, 0.3) is 0 Å². The summed E-state index contributed by atoms with van der Waals surface area (Å²) in [6.45, 7) is 0. The zero-order valence-electron chi connectivity index (χ0n) is 25.4. The molecule has 2 aliphatic rings. The van der Waals surface area contributed by atoms with Crippen LogP contribution in [0.5, 0.6) is 0 Å². The van der Waals surface area contributed by atoms with Gasteiger partial charge in [0.15, 0.2) is 0 Å². The minimum absolute atomic E-state index is 0.0928. The quantitative estimate of drug-likeness (QED) is 0.162. The number of hydrogen-bond acceptors (Lipinski definition) is 12. The maximum Gasteiger partial charge on any atom is 0.212 e. The molecule has 232 valence electrons. The molecule has 5 aromatic heterocycles. The van der Waals surface area contributed by atoms with E-state index in [0.717, 1.165) is 39.2 Å². The van der Waals surface area contributed by atoms with Gasteiger partial charge in [0.05, 0.1) is 39.2 Å². The van der Waals surface area contributed by atoms with Crippen LogP contribution in [0.1, 0.15) is 31.8 Å². The molecule has 9 rings (SSSR count). The van der Waals surface area contributed by atoms with E-state index < -0.39 is 0 Å². The van der Waals surface area contributed by atoms with Gasteiger partial charge in [0.2, 0.25) is 11.6 Å². The lowest BCUT2D eigenvalue weighted by Gasteiger charge is -2.00. The van der Waals surface area contributed by atoms with Gasteiger partial charge in [-0.05, 0) is 23.3 Å². The van der Waals surface area contributed by atoms with Gasteiger partial charge >= 0.3 is 0 Å². The van der Waals surface area contributed by atoms with Crippen LogP contribution in [0.25, 0.3) is 50.4 Å². The van der Waals surface area contributed by atoms with E-state index in [-0.39, 0.29) is 45.3 Å². The topological polar surface area (TPSA) is 159 Å². The van der Waals surface area contributed by atoms with Crippen LogP contribution in [0.15, 0.2) is 81.8 Å². The summed E-state index contributed by atoms with van der Waals surface area (Å²) in [5.74, 6) is -0.636. The summed E-state index contributed by atoms with van der Waals surface area (Å²) < 4.78 is 8.46. The van der Waals surface area contributed by atoms with Crippen molar-refractivity contribution in [1.82, 2.24) is 4.57 Å². The highest BCUT2D eigenvalue weighted by atomic mass is 32.1. The number of Topliss-reactive ketones (excluding diaryl/α,β-unsaturated/α-hetero) is 2. The number of allylic oxidation sites excluding steroid dienone is 4. The molecule has 0 aliphatic heterocycles. The highest BCUT2D eigenvalue weighted by Gasteiger charge is 2.35. The second-order valence-electron chi connectivity index (χ2n) is 11.3. The molecular weight excluding hydrogens is 703 g/mol. The molecule has 0 unspecified atom stereocenters. The number of carbonyl (C=O) groups excluding carboxylic acids is 2. The summed E-state index contributed by atoms with van der Waals surface area (Å²) in [5.41, 5.74) is 4.39. The summed E-state index contributed by atoms with van der Waals surface area (Å²) in [6.07, 6.45) is 0. The van der Waals surface area contributed by atoms with Crippen molar-refractivity contribution in [2.75, 3.05) is 0 Å². The highest BCUT2D eigenvalue weighted by molar-refractivity contribution is 7.39. The van der Waals surface area contributed by atoms with Gasteiger partial charge in [-0.3, -0.25) is 9.59 Å². The molecule has 0 saturated carbocycles. The Kier molecular flexibility index (Phi) is 6.46. The molecular formula is C37H13N7O2S4. The average Bonchev–Trinajstić information content (AvgIpc) is 3.97. The second kappa shape index (κ2) is 10.8. The molecule has 0 bridgehead atoms. The number of fused-ring (bicyclic) bond motifs is 9. The molecule has 9 nitrogen and oxygen atoms in total. The standard InChI is InChI=1S/C37H13N7O2S4/c1-44-30-34-22(10-24(49-34)42-28-26(16(12-38)13-39)18-6-2-4-8-20(18)32(28)45)47-36(30)37-31(44)35-23(48-37)11-25(50-35)43-29-27(17(14-40)15-41)19-7-3-5-9-21(19)33(29)46/h2-11H,1H3. The van der Waals surface area contributed by atoms with Gasteiger partial charge in [-0.1, -0.05) is 48.5 Å². The number of carbonyl (C=O) groups is 2. The van der Waals surface area contributed by atoms with Crippen LogP contribution in [0.2, 0.25) is 0 Å². The van der Waals surface area contributed by atoms with E-state index in [0.29, 0.717) is 32.3 Å². The predicted molar refractivity (Wildman–Crippen MR) is 199 cm³/mol. The largest absolute Gasteiger partial charge is 0.340 e. The third-order valence-electron chi connectivity index (χ3n) is 8.71. The first-order valence-corrected chi connectivity index (χ1v) is 18.0. The van der Waals surface area contributed by atoms with Crippen LogP contribution < -0.4 is 0 Å². The molecule has 0 radical (unpaired) electrons. The lowest BCUT2D eigenvalue weighted by atomic mass is 10.0. The summed E-state index contributed by atoms with van der Waals surface area (Å²) in [7, 11) is 2.01. The van der Waals surface area contributed by atoms with Gasteiger partial charge in [0.1, 0.15) is 56.8 Å². The number of benzene rings is 2. The lowest BCUT2D eigenvalue weighted by Crippen LogP contribution is -2.07. The van der Waals surface area contributed by atoms with E-state index in [9.17, 15) is 30.6 Å².